The van der Waals surface area contributed by atoms with Crippen molar-refractivity contribution in [2.24, 2.45) is 0 Å². The van der Waals surface area contributed by atoms with Crippen LogP contribution in [0.1, 0.15) is 5.56 Å². The van der Waals surface area contributed by atoms with Crippen LogP contribution in [-0.2, 0) is 4.74 Å². The number of morpholine rings is 1. The first-order valence-electron chi connectivity index (χ1n) is 8.32. The fourth-order valence-electron chi connectivity index (χ4n) is 3.29. The van der Waals surface area contributed by atoms with Gasteiger partial charge in [0.25, 0.3) is 0 Å². The molecule has 6 nitrogen and oxygen atoms in total. The maximum absolute atomic E-state index is 5.51. The predicted octanol–water partition coefficient (Wildman–Crippen LogP) is 3.38. The van der Waals surface area contributed by atoms with Gasteiger partial charge in [-0.15, -0.1) is 11.3 Å². The minimum absolute atomic E-state index is 0.739. The molecule has 0 bridgehead atoms. The number of fused-ring (bicyclic) bond motifs is 2. The second-order valence-electron chi connectivity index (χ2n) is 6.20. The molecule has 0 unspecified atom stereocenters. The zero-order valence-corrected chi connectivity index (χ0v) is 14.6. The van der Waals surface area contributed by atoms with Crippen LogP contribution in [0, 0.1) is 6.92 Å². The molecule has 1 fully saturated rings. The molecule has 3 aromatic heterocycles. The molecule has 0 amide bonds. The average Bonchev–Trinajstić information content (AvgIpc) is 3.28. The Bertz CT molecular complexity index is 1060. The van der Waals surface area contributed by atoms with Crippen molar-refractivity contribution in [2.45, 2.75) is 6.92 Å². The monoisotopic (exact) mass is 351 g/mol. The Labute approximate surface area is 148 Å². The number of aryl methyl sites for hydroxylation is 1. The van der Waals surface area contributed by atoms with Gasteiger partial charge in [0, 0.05) is 24.0 Å². The third-order valence-electron chi connectivity index (χ3n) is 4.61. The molecule has 1 aliphatic rings. The summed E-state index contributed by atoms with van der Waals surface area (Å²) < 4.78 is 6.66. The van der Waals surface area contributed by atoms with Gasteiger partial charge >= 0.3 is 0 Å². The minimum atomic E-state index is 0.739. The van der Waals surface area contributed by atoms with Crippen LogP contribution in [0.15, 0.2) is 29.8 Å². The summed E-state index contributed by atoms with van der Waals surface area (Å²) in [5.74, 6) is 1.77. The van der Waals surface area contributed by atoms with Crippen LogP contribution in [0.25, 0.3) is 32.5 Å². The van der Waals surface area contributed by atoms with Crippen LogP contribution in [0.5, 0.6) is 0 Å². The van der Waals surface area contributed by atoms with Gasteiger partial charge in [0.05, 0.1) is 35.1 Å². The van der Waals surface area contributed by atoms with Crippen LogP contribution in [-0.4, -0.2) is 46.5 Å². The highest BCUT2D eigenvalue weighted by molar-refractivity contribution is 7.18. The number of nitrogens with one attached hydrogen (secondary N) is 1. The molecule has 1 N–H and O–H groups in total. The average molecular weight is 351 g/mol. The third kappa shape index (κ3) is 2.39. The molecule has 7 heteroatoms. The first kappa shape index (κ1) is 14.8. The number of anilines is 1. The van der Waals surface area contributed by atoms with Crippen molar-refractivity contribution < 1.29 is 4.74 Å². The molecular weight excluding hydrogens is 334 g/mol. The van der Waals surface area contributed by atoms with E-state index in [0.29, 0.717) is 0 Å². The molecule has 0 spiro atoms. The van der Waals surface area contributed by atoms with E-state index >= 15 is 0 Å². The number of benzene rings is 1. The van der Waals surface area contributed by atoms with Crippen LogP contribution in [0.2, 0.25) is 0 Å². The molecule has 126 valence electrons. The van der Waals surface area contributed by atoms with Crippen molar-refractivity contribution in [3.8, 4) is 11.4 Å². The molecule has 4 aromatic rings. The SMILES string of the molecule is Cc1csc2c(N3CCOCC3)nc(-c3cccc4[nH]ncc34)nc12. The number of ether oxygens (including phenoxy) is 1. The van der Waals surface area contributed by atoms with Crippen molar-refractivity contribution in [2.75, 3.05) is 31.2 Å². The lowest BCUT2D eigenvalue weighted by atomic mass is 10.1. The van der Waals surface area contributed by atoms with Gasteiger partial charge in [-0.25, -0.2) is 9.97 Å². The van der Waals surface area contributed by atoms with E-state index < -0.39 is 0 Å². The first-order valence-corrected chi connectivity index (χ1v) is 9.20. The van der Waals surface area contributed by atoms with Gasteiger partial charge in [0.1, 0.15) is 0 Å². The highest BCUT2D eigenvalue weighted by Gasteiger charge is 2.20. The van der Waals surface area contributed by atoms with Crippen molar-refractivity contribution in [1.82, 2.24) is 20.2 Å². The maximum Gasteiger partial charge on any atom is 0.162 e. The second kappa shape index (κ2) is 5.79. The third-order valence-corrected chi connectivity index (χ3v) is 5.69. The number of rotatable bonds is 2. The Morgan fingerprint density at radius 1 is 1.20 bits per heavy atom. The van der Waals surface area contributed by atoms with Crippen LogP contribution < -0.4 is 4.90 Å². The summed E-state index contributed by atoms with van der Waals surface area (Å²) in [6.45, 7) is 5.30. The summed E-state index contributed by atoms with van der Waals surface area (Å²) in [7, 11) is 0. The fraction of sp³-hybridized carbons (Fsp3) is 0.278. The molecule has 0 radical (unpaired) electrons. The van der Waals surface area contributed by atoms with E-state index in [1.165, 1.54) is 5.56 Å². The van der Waals surface area contributed by atoms with E-state index in [4.69, 9.17) is 14.7 Å². The molecule has 25 heavy (non-hydrogen) atoms. The van der Waals surface area contributed by atoms with Gasteiger partial charge < -0.3 is 9.64 Å². The van der Waals surface area contributed by atoms with E-state index in [1.54, 1.807) is 11.3 Å². The van der Waals surface area contributed by atoms with E-state index in [0.717, 1.165) is 64.6 Å². The van der Waals surface area contributed by atoms with Crippen molar-refractivity contribution in [1.29, 1.82) is 0 Å². The highest BCUT2D eigenvalue weighted by Crippen LogP contribution is 2.35. The molecule has 1 aliphatic heterocycles. The number of nitrogens with zero attached hydrogens (tertiary/aromatic N) is 4. The molecule has 4 heterocycles. The molecule has 1 aromatic carbocycles. The Hall–Kier alpha value is -2.51. The summed E-state index contributed by atoms with van der Waals surface area (Å²) in [5.41, 5.74) is 4.24. The smallest absolute Gasteiger partial charge is 0.162 e. The van der Waals surface area contributed by atoms with E-state index in [1.807, 2.05) is 18.3 Å². The van der Waals surface area contributed by atoms with Gasteiger partial charge in [-0.2, -0.15) is 5.10 Å². The molecule has 0 aliphatic carbocycles. The Morgan fingerprint density at radius 3 is 2.96 bits per heavy atom. The highest BCUT2D eigenvalue weighted by atomic mass is 32.1. The molecule has 0 saturated carbocycles. The number of aromatic nitrogens is 4. The molecular formula is C18H17N5OS. The lowest BCUT2D eigenvalue weighted by Crippen LogP contribution is -2.36. The lowest BCUT2D eigenvalue weighted by molar-refractivity contribution is 0.122. The topological polar surface area (TPSA) is 66.9 Å². The zero-order valence-electron chi connectivity index (χ0n) is 13.8. The number of hydrogen-bond acceptors (Lipinski definition) is 6. The van der Waals surface area contributed by atoms with Crippen LogP contribution >= 0.6 is 11.3 Å². The summed E-state index contributed by atoms with van der Waals surface area (Å²) in [4.78, 5) is 12.2. The van der Waals surface area contributed by atoms with E-state index in [9.17, 15) is 0 Å². The Kier molecular flexibility index (Phi) is 3.43. The number of thiophene rings is 1. The minimum Gasteiger partial charge on any atom is -0.378 e. The zero-order chi connectivity index (χ0) is 16.8. The number of hydrogen-bond donors (Lipinski definition) is 1. The quantitative estimate of drug-likeness (QED) is 0.600. The largest absolute Gasteiger partial charge is 0.378 e. The lowest BCUT2D eigenvalue weighted by Gasteiger charge is -2.28. The fourth-order valence-corrected chi connectivity index (χ4v) is 4.30. The van der Waals surface area contributed by atoms with Crippen molar-refractivity contribution in [3.05, 3.63) is 35.3 Å². The van der Waals surface area contributed by atoms with Gasteiger partial charge in [-0.3, -0.25) is 5.10 Å². The predicted molar refractivity (Wildman–Crippen MR) is 100 cm³/mol. The number of H-pyrrole nitrogens is 1. The van der Waals surface area contributed by atoms with Crippen molar-refractivity contribution in [3.63, 3.8) is 0 Å². The van der Waals surface area contributed by atoms with Gasteiger partial charge in [-0.05, 0) is 23.9 Å². The second-order valence-corrected chi connectivity index (χ2v) is 7.08. The summed E-state index contributed by atoms with van der Waals surface area (Å²) in [6, 6.07) is 6.09. The Morgan fingerprint density at radius 2 is 2.08 bits per heavy atom. The normalized spacial score (nSPS) is 15.3. The summed E-state index contributed by atoms with van der Waals surface area (Å²) in [6.07, 6.45) is 1.84. The van der Waals surface area contributed by atoms with Gasteiger partial charge in [0.15, 0.2) is 11.6 Å². The van der Waals surface area contributed by atoms with Gasteiger partial charge in [0.2, 0.25) is 0 Å². The van der Waals surface area contributed by atoms with Crippen LogP contribution in [0.3, 0.4) is 0 Å². The first-order chi connectivity index (χ1) is 12.3. The summed E-state index contributed by atoms with van der Waals surface area (Å²) in [5, 5.41) is 10.4. The van der Waals surface area contributed by atoms with Crippen LogP contribution in [0.4, 0.5) is 5.82 Å². The van der Waals surface area contributed by atoms with E-state index in [2.05, 4.69) is 33.5 Å². The summed E-state index contributed by atoms with van der Waals surface area (Å²) >= 11 is 1.72. The standard InChI is InChI=1S/C18H17N5OS/c1-11-10-25-16-15(11)20-17(21-18(16)23-5-7-24-8-6-23)12-3-2-4-14-13(12)9-19-22-14/h2-4,9-10H,5-8H2,1H3,(H,19,22). The molecule has 0 atom stereocenters. The van der Waals surface area contributed by atoms with Gasteiger partial charge in [-0.1, -0.05) is 12.1 Å². The van der Waals surface area contributed by atoms with E-state index in [-0.39, 0.29) is 0 Å². The number of aromatic amines is 1. The maximum atomic E-state index is 5.51. The van der Waals surface area contributed by atoms with Crippen molar-refractivity contribution >= 4 is 38.3 Å². The Balaban J connectivity index is 1.76. The molecule has 5 rings (SSSR count). The molecule has 1 saturated heterocycles.